The van der Waals surface area contributed by atoms with Gasteiger partial charge >= 0.3 is 0 Å². The fourth-order valence-corrected chi connectivity index (χ4v) is 3.06. The van der Waals surface area contributed by atoms with Crippen LogP contribution in [0.4, 0.5) is 5.69 Å². The van der Waals surface area contributed by atoms with Gasteiger partial charge in [0.2, 0.25) is 0 Å². The highest BCUT2D eigenvalue weighted by Crippen LogP contribution is 2.25. The number of halogens is 1. The first-order valence-corrected chi connectivity index (χ1v) is 7.44. The van der Waals surface area contributed by atoms with Crippen LogP contribution in [-0.4, -0.2) is 23.9 Å². The van der Waals surface area contributed by atoms with Crippen molar-refractivity contribution in [1.29, 1.82) is 0 Å². The SMILES string of the molecule is Nc1cccc(Cl)c1C(=O)N1CCc2ccccc2CC1. The molecule has 0 saturated heterocycles. The smallest absolute Gasteiger partial charge is 0.257 e. The van der Waals surface area contributed by atoms with Crippen molar-refractivity contribution in [3.8, 4) is 0 Å². The maximum absolute atomic E-state index is 12.7. The van der Waals surface area contributed by atoms with Gasteiger partial charge in [-0.2, -0.15) is 0 Å². The van der Waals surface area contributed by atoms with Crippen LogP contribution >= 0.6 is 11.6 Å². The van der Waals surface area contributed by atoms with E-state index < -0.39 is 0 Å². The lowest BCUT2D eigenvalue weighted by molar-refractivity contribution is 0.0764. The summed E-state index contributed by atoms with van der Waals surface area (Å²) in [6, 6.07) is 13.5. The Morgan fingerprint density at radius 2 is 1.62 bits per heavy atom. The average molecular weight is 301 g/mol. The topological polar surface area (TPSA) is 46.3 Å². The molecule has 0 unspecified atom stereocenters. The maximum atomic E-state index is 12.7. The van der Waals surface area contributed by atoms with Gasteiger partial charge in [0.1, 0.15) is 0 Å². The molecule has 2 aromatic rings. The van der Waals surface area contributed by atoms with Crippen LogP contribution in [0, 0.1) is 0 Å². The molecular formula is C17H17ClN2O. The molecule has 0 radical (unpaired) electrons. The molecule has 0 aromatic heterocycles. The third kappa shape index (κ3) is 2.74. The summed E-state index contributed by atoms with van der Waals surface area (Å²) in [6.07, 6.45) is 1.73. The second-order valence-electron chi connectivity index (χ2n) is 5.26. The van der Waals surface area contributed by atoms with Crippen LogP contribution in [0.3, 0.4) is 0 Å². The normalized spacial score (nSPS) is 14.4. The van der Waals surface area contributed by atoms with Crippen LogP contribution in [0.25, 0.3) is 0 Å². The Morgan fingerprint density at radius 1 is 1.00 bits per heavy atom. The molecule has 3 nitrogen and oxygen atoms in total. The van der Waals surface area contributed by atoms with Crippen molar-refractivity contribution in [3.05, 3.63) is 64.2 Å². The van der Waals surface area contributed by atoms with Gasteiger partial charge in [0, 0.05) is 18.8 Å². The van der Waals surface area contributed by atoms with Crippen molar-refractivity contribution in [3.63, 3.8) is 0 Å². The zero-order valence-corrected chi connectivity index (χ0v) is 12.4. The summed E-state index contributed by atoms with van der Waals surface area (Å²) in [5, 5.41) is 0.418. The molecule has 2 aromatic carbocycles. The number of nitrogen functional groups attached to an aromatic ring is 1. The van der Waals surface area contributed by atoms with Gasteiger partial charge in [0.15, 0.2) is 0 Å². The molecule has 0 saturated carbocycles. The van der Waals surface area contributed by atoms with Crippen LogP contribution in [0.2, 0.25) is 5.02 Å². The quantitative estimate of drug-likeness (QED) is 0.822. The minimum absolute atomic E-state index is 0.0779. The van der Waals surface area contributed by atoms with E-state index in [0.717, 1.165) is 12.8 Å². The van der Waals surface area contributed by atoms with Gasteiger partial charge in [0.25, 0.3) is 5.91 Å². The number of rotatable bonds is 1. The highest BCUT2D eigenvalue weighted by atomic mass is 35.5. The van der Waals surface area contributed by atoms with E-state index in [0.29, 0.717) is 29.4 Å². The summed E-state index contributed by atoms with van der Waals surface area (Å²) in [7, 11) is 0. The van der Waals surface area contributed by atoms with Gasteiger partial charge in [-0.25, -0.2) is 0 Å². The number of nitrogens with two attached hydrogens (primary N) is 1. The summed E-state index contributed by atoms with van der Waals surface area (Å²) in [5.74, 6) is -0.0779. The van der Waals surface area contributed by atoms with Crippen molar-refractivity contribution >= 4 is 23.2 Å². The molecule has 0 aliphatic carbocycles. The van der Waals surface area contributed by atoms with Crippen LogP contribution in [0.5, 0.6) is 0 Å². The molecule has 1 aliphatic rings. The van der Waals surface area contributed by atoms with E-state index in [1.807, 2.05) is 17.0 Å². The molecule has 4 heteroatoms. The Morgan fingerprint density at radius 3 is 2.19 bits per heavy atom. The van der Waals surface area contributed by atoms with E-state index in [1.54, 1.807) is 18.2 Å². The molecule has 0 atom stereocenters. The molecule has 1 aliphatic heterocycles. The van der Waals surface area contributed by atoms with E-state index in [4.69, 9.17) is 17.3 Å². The van der Waals surface area contributed by atoms with E-state index >= 15 is 0 Å². The Hall–Kier alpha value is -2.00. The fraction of sp³-hybridized carbons (Fsp3) is 0.235. The summed E-state index contributed by atoms with van der Waals surface area (Å²) in [5.41, 5.74) is 9.42. The number of anilines is 1. The van der Waals surface area contributed by atoms with Crippen molar-refractivity contribution in [2.45, 2.75) is 12.8 Å². The Balaban J connectivity index is 1.84. The van der Waals surface area contributed by atoms with Crippen molar-refractivity contribution in [2.24, 2.45) is 0 Å². The minimum Gasteiger partial charge on any atom is -0.398 e. The number of fused-ring (bicyclic) bond motifs is 1. The van der Waals surface area contributed by atoms with Gasteiger partial charge in [0.05, 0.1) is 10.6 Å². The van der Waals surface area contributed by atoms with Gasteiger partial charge in [-0.15, -0.1) is 0 Å². The molecule has 0 fully saturated rings. The van der Waals surface area contributed by atoms with E-state index in [9.17, 15) is 4.79 Å². The minimum atomic E-state index is -0.0779. The summed E-state index contributed by atoms with van der Waals surface area (Å²) >= 11 is 6.15. The van der Waals surface area contributed by atoms with Crippen molar-refractivity contribution < 1.29 is 4.79 Å². The number of hydrogen-bond donors (Lipinski definition) is 1. The van der Waals surface area contributed by atoms with Crippen molar-refractivity contribution in [2.75, 3.05) is 18.8 Å². The Kier molecular flexibility index (Phi) is 3.84. The van der Waals surface area contributed by atoms with Gasteiger partial charge in [-0.1, -0.05) is 41.9 Å². The number of benzene rings is 2. The maximum Gasteiger partial charge on any atom is 0.257 e. The Bertz CT molecular complexity index is 637. The van der Waals surface area contributed by atoms with Crippen LogP contribution in [0.15, 0.2) is 42.5 Å². The predicted octanol–water partition coefficient (Wildman–Crippen LogP) is 3.16. The molecule has 1 amide bonds. The first kappa shape index (κ1) is 14.0. The third-order valence-corrected chi connectivity index (χ3v) is 4.28. The van der Waals surface area contributed by atoms with Crippen LogP contribution in [-0.2, 0) is 12.8 Å². The average Bonchev–Trinajstić information content (AvgIpc) is 2.69. The first-order chi connectivity index (χ1) is 10.2. The molecule has 21 heavy (non-hydrogen) atoms. The summed E-state index contributed by atoms with van der Waals surface area (Å²) < 4.78 is 0. The lowest BCUT2D eigenvalue weighted by atomic mass is 10.0. The molecule has 0 bridgehead atoms. The molecule has 0 spiro atoms. The van der Waals surface area contributed by atoms with E-state index in [1.165, 1.54) is 11.1 Å². The highest BCUT2D eigenvalue weighted by Gasteiger charge is 2.23. The molecule has 1 heterocycles. The number of carbonyl (C=O) groups is 1. The Labute approximate surface area is 129 Å². The summed E-state index contributed by atoms with van der Waals surface area (Å²) in [6.45, 7) is 1.39. The van der Waals surface area contributed by atoms with Crippen LogP contribution in [0.1, 0.15) is 21.5 Å². The second kappa shape index (κ2) is 5.78. The second-order valence-corrected chi connectivity index (χ2v) is 5.67. The zero-order valence-electron chi connectivity index (χ0n) is 11.7. The molecule has 108 valence electrons. The number of amides is 1. The van der Waals surface area contributed by atoms with Gasteiger partial charge < -0.3 is 10.6 Å². The first-order valence-electron chi connectivity index (χ1n) is 7.07. The monoisotopic (exact) mass is 300 g/mol. The van der Waals surface area contributed by atoms with E-state index in [-0.39, 0.29) is 5.91 Å². The molecular weight excluding hydrogens is 284 g/mol. The van der Waals surface area contributed by atoms with Gasteiger partial charge in [-0.3, -0.25) is 4.79 Å². The molecule has 3 rings (SSSR count). The standard InChI is InChI=1S/C17H17ClN2O/c18-14-6-3-7-15(19)16(14)17(21)20-10-8-12-4-1-2-5-13(12)9-11-20/h1-7H,8-11,19H2. The lowest BCUT2D eigenvalue weighted by Crippen LogP contribution is -2.34. The number of carbonyl (C=O) groups excluding carboxylic acids is 1. The van der Waals surface area contributed by atoms with E-state index in [2.05, 4.69) is 12.1 Å². The predicted molar refractivity (Wildman–Crippen MR) is 85.6 cm³/mol. The fourth-order valence-electron chi connectivity index (χ4n) is 2.80. The summed E-state index contributed by atoms with van der Waals surface area (Å²) in [4.78, 5) is 14.6. The number of nitrogens with zero attached hydrogens (tertiary/aromatic N) is 1. The highest BCUT2D eigenvalue weighted by molar-refractivity contribution is 6.34. The number of hydrogen-bond acceptors (Lipinski definition) is 2. The third-order valence-electron chi connectivity index (χ3n) is 3.97. The van der Waals surface area contributed by atoms with Crippen molar-refractivity contribution in [1.82, 2.24) is 4.90 Å². The lowest BCUT2D eigenvalue weighted by Gasteiger charge is -2.21. The van der Waals surface area contributed by atoms with Gasteiger partial charge in [-0.05, 0) is 36.1 Å². The van der Waals surface area contributed by atoms with Crippen LogP contribution < -0.4 is 5.73 Å². The largest absolute Gasteiger partial charge is 0.398 e. The zero-order chi connectivity index (χ0) is 14.8. The molecule has 2 N–H and O–H groups in total.